The molecule has 0 aliphatic carbocycles. The summed E-state index contributed by atoms with van der Waals surface area (Å²) in [7, 11) is -4.30. The lowest BCUT2D eigenvalue weighted by atomic mass is 10.1. The van der Waals surface area contributed by atoms with Crippen molar-refractivity contribution in [2.45, 2.75) is 45.2 Å². The van der Waals surface area contributed by atoms with Crippen molar-refractivity contribution in [3.8, 4) is 5.75 Å². The first-order chi connectivity index (χ1) is 19.4. The van der Waals surface area contributed by atoms with Crippen molar-refractivity contribution in [1.29, 1.82) is 0 Å². The number of nitrogens with one attached hydrogen (secondary N) is 1. The van der Waals surface area contributed by atoms with Crippen LogP contribution in [0.2, 0.25) is 0 Å². The highest BCUT2D eigenvalue weighted by molar-refractivity contribution is 9.10. The number of nitrogens with zero attached hydrogens (tertiary/aromatic N) is 2. The highest BCUT2D eigenvalue weighted by Crippen LogP contribution is 2.27. The standard InChI is InChI=1S/C30H35BrFN3O5S/c1-5-40-27-13-11-26(12-14-27)35(41(38,39)28-15-9-25(32)10-16-28)20-29(36)34(19-23-7-6-8-24(31)17-23)22(4)30(37)33-18-21(2)3/h6-17,21-22H,5,18-20H2,1-4H3,(H,33,37)/t22-/m0/s1. The van der Waals surface area contributed by atoms with Gasteiger partial charge in [-0.25, -0.2) is 12.8 Å². The Morgan fingerprint density at radius 2 is 1.66 bits per heavy atom. The van der Waals surface area contributed by atoms with Crippen molar-refractivity contribution in [3.63, 3.8) is 0 Å². The molecule has 3 aromatic carbocycles. The van der Waals surface area contributed by atoms with Gasteiger partial charge >= 0.3 is 0 Å². The molecule has 0 bridgehead atoms. The minimum Gasteiger partial charge on any atom is -0.494 e. The SMILES string of the molecule is CCOc1ccc(N(CC(=O)N(Cc2cccc(Br)c2)[C@@H](C)C(=O)NCC(C)C)S(=O)(=O)c2ccc(F)cc2)cc1. The number of benzene rings is 3. The zero-order chi connectivity index (χ0) is 30.2. The molecule has 41 heavy (non-hydrogen) atoms. The molecule has 1 N–H and O–H groups in total. The summed E-state index contributed by atoms with van der Waals surface area (Å²) in [5, 5.41) is 2.86. The van der Waals surface area contributed by atoms with Crippen LogP contribution in [0.1, 0.15) is 33.3 Å². The van der Waals surface area contributed by atoms with Gasteiger partial charge in [-0.05, 0) is 86.0 Å². The molecular weight excluding hydrogens is 613 g/mol. The highest BCUT2D eigenvalue weighted by Gasteiger charge is 2.32. The second-order valence-corrected chi connectivity index (χ2v) is 12.6. The second-order valence-electron chi connectivity index (χ2n) is 9.86. The number of sulfonamides is 1. The molecule has 11 heteroatoms. The summed E-state index contributed by atoms with van der Waals surface area (Å²) in [6.07, 6.45) is 0. The van der Waals surface area contributed by atoms with Crippen LogP contribution in [-0.4, -0.2) is 50.9 Å². The van der Waals surface area contributed by atoms with Crippen LogP contribution in [-0.2, 0) is 26.2 Å². The van der Waals surface area contributed by atoms with Gasteiger partial charge in [0.25, 0.3) is 10.0 Å². The summed E-state index contributed by atoms with van der Waals surface area (Å²) < 4.78 is 48.5. The average Bonchev–Trinajstić information content (AvgIpc) is 2.93. The Labute approximate surface area is 249 Å². The van der Waals surface area contributed by atoms with Crippen LogP contribution in [0.3, 0.4) is 0 Å². The fourth-order valence-corrected chi connectivity index (χ4v) is 5.87. The van der Waals surface area contributed by atoms with Crippen LogP contribution >= 0.6 is 15.9 Å². The van der Waals surface area contributed by atoms with Gasteiger partial charge in [0.1, 0.15) is 24.2 Å². The Hall–Kier alpha value is -3.44. The molecule has 0 heterocycles. The molecule has 0 fully saturated rings. The number of ether oxygens (including phenoxy) is 1. The molecule has 0 aliphatic rings. The largest absolute Gasteiger partial charge is 0.494 e. The van der Waals surface area contributed by atoms with E-state index in [0.29, 0.717) is 18.9 Å². The predicted octanol–water partition coefficient (Wildman–Crippen LogP) is 5.37. The van der Waals surface area contributed by atoms with Gasteiger partial charge in [0, 0.05) is 17.6 Å². The normalized spacial score (nSPS) is 12.1. The molecule has 0 aromatic heterocycles. The third-order valence-corrected chi connectivity index (χ3v) is 8.49. The van der Waals surface area contributed by atoms with Crippen LogP contribution in [0.25, 0.3) is 0 Å². The van der Waals surface area contributed by atoms with E-state index in [-0.39, 0.29) is 29.0 Å². The first kappa shape index (κ1) is 32.1. The van der Waals surface area contributed by atoms with E-state index in [4.69, 9.17) is 4.74 Å². The summed E-state index contributed by atoms with van der Waals surface area (Å²) >= 11 is 3.43. The Balaban J connectivity index is 2.02. The fraction of sp³-hybridized carbons (Fsp3) is 0.333. The first-order valence-electron chi connectivity index (χ1n) is 13.2. The monoisotopic (exact) mass is 647 g/mol. The first-order valence-corrected chi connectivity index (χ1v) is 15.5. The number of carbonyl (C=O) groups excluding carboxylic acids is 2. The Kier molecular flexibility index (Phi) is 11.3. The molecule has 2 amide bonds. The molecule has 3 rings (SSSR count). The molecule has 0 saturated heterocycles. The number of rotatable bonds is 13. The number of carbonyl (C=O) groups is 2. The van der Waals surface area contributed by atoms with Crippen molar-refractivity contribution in [3.05, 3.63) is 88.6 Å². The van der Waals surface area contributed by atoms with E-state index >= 15 is 0 Å². The topological polar surface area (TPSA) is 96.0 Å². The molecule has 0 aliphatic heterocycles. The maximum atomic E-state index is 13.9. The molecule has 0 unspecified atom stereocenters. The van der Waals surface area contributed by atoms with Crippen molar-refractivity contribution in [1.82, 2.24) is 10.2 Å². The van der Waals surface area contributed by atoms with E-state index < -0.39 is 34.3 Å². The summed E-state index contributed by atoms with van der Waals surface area (Å²) in [5.74, 6) is -0.785. The van der Waals surface area contributed by atoms with E-state index in [2.05, 4.69) is 21.2 Å². The van der Waals surface area contributed by atoms with Crippen molar-refractivity contribution in [2.75, 3.05) is 24.0 Å². The summed E-state index contributed by atoms with van der Waals surface area (Å²) in [6, 6.07) is 17.1. The second kappa shape index (κ2) is 14.5. The van der Waals surface area contributed by atoms with E-state index in [0.717, 1.165) is 38.6 Å². The maximum Gasteiger partial charge on any atom is 0.264 e. The highest BCUT2D eigenvalue weighted by atomic mass is 79.9. The maximum absolute atomic E-state index is 13.9. The third kappa shape index (κ3) is 8.77. The lowest BCUT2D eigenvalue weighted by molar-refractivity contribution is -0.139. The minimum atomic E-state index is -4.30. The fourth-order valence-electron chi connectivity index (χ4n) is 4.00. The van der Waals surface area contributed by atoms with Crippen LogP contribution in [0.4, 0.5) is 10.1 Å². The quantitative estimate of drug-likeness (QED) is 0.269. The van der Waals surface area contributed by atoms with Crippen LogP contribution in [0.15, 0.2) is 82.2 Å². The summed E-state index contributed by atoms with van der Waals surface area (Å²) in [5.41, 5.74) is 0.968. The number of amides is 2. The molecule has 8 nitrogen and oxygen atoms in total. The predicted molar refractivity (Wildman–Crippen MR) is 161 cm³/mol. The zero-order valence-electron chi connectivity index (χ0n) is 23.5. The number of hydrogen-bond donors (Lipinski definition) is 1. The van der Waals surface area contributed by atoms with Gasteiger partial charge in [-0.2, -0.15) is 0 Å². The van der Waals surface area contributed by atoms with Crippen molar-refractivity contribution < 1.29 is 27.1 Å². The molecule has 0 saturated carbocycles. The Morgan fingerprint density at radius 3 is 2.24 bits per heavy atom. The lowest BCUT2D eigenvalue weighted by Gasteiger charge is -2.32. The number of anilines is 1. The van der Waals surface area contributed by atoms with Gasteiger partial charge in [0.05, 0.1) is 17.2 Å². The van der Waals surface area contributed by atoms with E-state index in [1.807, 2.05) is 45.0 Å². The average molecular weight is 649 g/mol. The zero-order valence-corrected chi connectivity index (χ0v) is 25.9. The van der Waals surface area contributed by atoms with Gasteiger partial charge in [-0.3, -0.25) is 13.9 Å². The molecule has 0 radical (unpaired) electrons. The van der Waals surface area contributed by atoms with Gasteiger partial charge in [0.15, 0.2) is 0 Å². The third-order valence-electron chi connectivity index (χ3n) is 6.21. The molecule has 3 aromatic rings. The summed E-state index contributed by atoms with van der Waals surface area (Å²) in [6.45, 7) is 7.70. The van der Waals surface area contributed by atoms with Crippen LogP contribution in [0, 0.1) is 11.7 Å². The van der Waals surface area contributed by atoms with Gasteiger partial charge < -0.3 is 15.0 Å². The molecule has 1 atom stereocenters. The Morgan fingerprint density at radius 1 is 1.00 bits per heavy atom. The van der Waals surface area contributed by atoms with E-state index in [9.17, 15) is 22.4 Å². The number of halogens is 2. The van der Waals surface area contributed by atoms with Gasteiger partial charge in [-0.15, -0.1) is 0 Å². The van der Waals surface area contributed by atoms with E-state index in [1.165, 1.54) is 17.0 Å². The van der Waals surface area contributed by atoms with E-state index in [1.54, 1.807) is 19.1 Å². The molecular formula is C30H35BrFN3O5S. The smallest absolute Gasteiger partial charge is 0.264 e. The molecule has 220 valence electrons. The van der Waals surface area contributed by atoms with Crippen LogP contribution in [0.5, 0.6) is 5.75 Å². The van der Waals surface area contributed by atoms with Gasteiger partial charge in [-0.1, -0.05) is 41.9 Å². The van der Waals surface area contributed by atoms with Crippen molar-refractivity contribution >= 4 is 43.5 Å². The van der Waals surface area contributed by atoms with Crippen LogP contribution < -0.4 is 14.4 Å². The summed E-state index contributed by atoms with van der Waals surface area (Å²) in [4.78, 5) is 28.2. The van der Waals surface area contributed by atoms with Gasteiger partial charge in [0.2, 0.25) is 11.8 Å². The minimum absolute atomic E-state index is 0.0717. The Bertz CT molecular complexity index is 1430. The molecule has 0 spiro atoms. The van der Waals surface area contributed by atoms with Crippen molar-refractivity contribution in [2.24, 2.45) is 5.92 Å². The lowest BCUT2D eigenvalue weighted by Crippen LogP contribution is -2.51. The number of hydrogen-bond acceptors (Lipinski definition) is 5.